The van der Waals surface area contributed by atoms with Crippen LogP contribution in [0.3, 0.4) is 0 Å². The SMILES string of the molecule is C=CCCC(=O)Oc1ccc(C=C(NC(C)=O)C(=O)O)cc1. The molecule has 6 nitrogen and oxygen atoms in total. The van der Waals surface area contributed by atoms with Crippen molar-refractivity contribution >= 4 is 23.9 Å². The molecule has 0 radical (unpaired) electrons. The van der Waals surface area contributed by atoms with Crippen LogP contribution in [0.15, 0.2) is 42.6 Å². The van der Waals surface area contributed by atoms with E-state index in [9.17, 15) is 14.4 Å². The molecule has 6 heteroatoms. The van der Waals surface area contributed by atoms with Crippen molar-refractivity contribution in [2.75, 3.05) is 0 Å². The zero-order chi connectivity index (χ0) is 16.5. The minimum atomic E-state index is -1.24. The summed E-state index contributed by atoms with van der Waals surface area (Å²) in [6.45, 7) is 4.75. The zero-order valence-corrected chi connectivity index (χ0v) is 12.2. The highest BCUT2D eigenvalue weighted by Gasteiger charge is 2.09. The Morgan fingerprint density at radius 2 is 1.91 bits per heavy atom. The number of carbonyl (C=O) groups is 3. The maximum absolute atomic E-state index is 11.4. The molecule has 116 valence electrons. The lowest BCUT2D eigenvalue weighted by atomic mass is 10.2. The van der Waals surface area contributed by atoms with Gasteiger partial charge in [-0.3, -0.25) is 9.59 Å². The Morgan fingerprint density at radius 3 is 2.41 bits per heavy atom. The van der Waals surface area contributed by atoms with Crippen LogP contribution in [0.4, 0.5) is 0 Å². The fraction of sp³-hybridized carbons (Fsp3) is 0.188. The Balaban J connectivity index is 2.78. The van der Waals surface area contributed by atoms with Gasteiger partial charge in [-0.2, -0.15) is 0 Å². The van der Waals surface area contributed by atoms with Gasteiger partial charge < -0.3 is 15.2 Å². The first-order valence-corrected chi connectivity index (χ1v) is 6.56. The average molecular weight is 303 g/mol. The number of ether oxygens (including phenoxy) is 1. The Morgan fingerprint density at radius 1 is 1.27 bits per heavy atom. The second-order valence-corrected chi connectivity index (χ2v) is 4.41. The highest BCUT2D eigenvalue weighted by atomic mass is 16.5. The number of aliphatic carboxylic acids is 1. The number of hydrogen-bond donors (Lipinski definition) is 2. The van der Waals surface area contributed by atoms with Crippen LogP contribution < -0.4 is 10.1 Å². The quantitative estimate of drug-likeness (QED) is 0.348. The number of esters is 1. The fourth-order valence-corrected chi connectivity index (χ4v) is 1.54. The summed E-state index contributed by atoms with van der Waals surface area (Å²) >= 11 is 0. The number of rotatable bonds is 7. The van der Waals surface area contributed by atoms with E-state index in [1.165, 1.54) is 13.0 Å². The van der Waals surface area contributed by atoms with Crippen molar-refractivity contribution in [3.63, 3.8) is 0 Å². The molecule has 0 heterocycles. The van der Waals surface area contributed by atoms with Crippen molar-refractivity contribution in [1.29, 1.82) is 0 Å². The van der Waals surface area contributed by atoms with Gasteiger partial charge in [-0.25, -0.2) is 4.79 Å². The molecule has 0 aliphatic carbocycles. The predicted molar refractivity (Wildman–Crippen MR) is 80.9 cm³/mol. The molecule has 0 bridgehead atoms. The Bertz CT molecular complexity index is 601. The lowest BCUT2D eigenvalue weighted by molar-refractivity contribution is -0.135. The van der Waals surface area contributed by atoms with Gasteiger partial charge in [0.25, 0.3) is 0 Å². The van der Waals surface area contributed by atoms with E-state index in [-0.39, 0.29) is 18.1 Å². The number of carboxylic acids is 1. The standard InChI is InChI=1S/C16H17NO5/c1-3-4-5-15(19)22-13-8-6-12(7-9-13)10-14(16(20)21)17-11(2)18/h3,6-10H,1,4-5H2,2H3,(H,17,18)(H,20,21). The van der Waals surface area contributed by atoms with Crippen LogP contribution in [0, 0.1) is 0 Å². The van der Waals surface area contributed by atoms with Crippen LogP contribution in [0.5, 0.6) is 5.75 Å². The largest absolute Gasteiger partial charge is 0.477 e. The molecule has 0 aromatic heterocycles. The summed E-state index contributed by atoms with van der Waals surface area (Å²) in [6.07, 6.45) is 3.73. The van der Waals surface area contributed by atoms with Gasteiger partial charge in [-0.15, -0.1) is 6.58 Å². The van der Waals surface area contributed by atoms with E-state index in [1.807, 2.05) is 0 Å². The molecule has 1 aromatic rings. The summed E-state index contributed by atoms with van der Waals surface area (Å²) in [6, 6.07) is 6.26. The van der Waals surface area contributed by atoms with Gasteiger partial charge in [-0.1, -0.05) is 18.2 Å². The van der Waals surface area contributed by atoms with Gasteiger partial charge >= 0.3 is 11.9 Å². The molecule has 0 aliphatic rings. The molecular formula is C16H17NO5. The van der Waals surface area contributed by atoms with Gasteiger partial charge in [0, 0.05) is 13.3 Å². The zero-order valence-electron chi connectivity index (χ0n) is 12.2. The van der Waals surface area contributed by atoms with Crippen LogP contribution in [-0.2, 0) is 14.4 Å². The van der Waals surface area contributed by atoms with E-state index in [0.29, 0.717) is 17.7 Å². The lowest BCUT2D eigenvalue weighted by Crippen LogP contribution is -2.24. The number of carboxylic acid groups (broad SMARTS) is 1. The molecule has 0 aliphatic heterocycles. The summed E-state index contributed by atoms with van der Waals surface area (Å²) < 4.78 is 5.09. The van der Waals surface area contributed by atoms with Crippen LogP contribution in [0.25, 0.3) is 6.08 Å². The number of nitrogens with one attached hydrogen (secondary N) is 1. The summed E-state index contributed by atoms with van der Waals surface area (Å²) in [4.78, 5) is 33.4. The number of benzene rings is 1. The second-order valence-electron chi connectivity index (χ2n) is 4.41. The molecule has 1 amide bonds. The Hall–Kier alpha value is -2.89. The van der Waals surface area contributed by atoms with E-state index < -0.39 is 11.9 Å². The van der Waals surface area contributed by atoms with Gasteiger partial charge in [0.1, 0.15) is 11.4 Å². The molecule has 0 saturated carbocycles. The van der Waals surface area contributed by atoms with E-state index in [4.69, 9.17) is 9.84 Å². The molecule has 22 heavy (non-hydrogen) atoms. The monoisotopic (exact) mass is 303 g/mol. The summed E-state index contributed by atoms with van der Waals surface area (Å²) in [5, 5.41) is 11.2. The summed E-state index contributed by atoms with van der Waals surface area (Å²) in [5.74, 6) is -1.72. The molecule has 0 atom stereocenters. The van der Waals surface area contributed by atoms with Gasteiger partial charge in [0.15, 0.2) is 0 Å². The van der Waals surface area contributed by atoms with Crippen LogP contribution in [0.1, 0.15) is 25.3 Å². The van der Waals surface area contributed by atoms with Crippen molar-refractivity contribution in [1.82, 2.24) is 5.32 Å². The molecule has 1 rings (SSSR count). The lowest BCUT2D eigenvalue weighted by Gasteiger charge is -2.05. The van der Waals surface area contributed by atoms with Crippen LogP contribution in [0.2, 0.25) is 0 Å². The van der Waals surface area contributed by atoms with Crippen molar-refractivity contribution in [3.8, 4) is 5.75 Å². The topological polar surface area (TPSA) is 92.7 Å². The maximum Gasteiger partial charge on any atom is 0.352 e. The van der Waals surface area contributed by atoms with E-state index in [1.54, 1.807) is 30.3 Å². The number of amides is 1. The minimum absolute atomic E-state index is 0.233. The van der Waals surface area contributed by atoms with Gasteiger partial charge in [-0.05, 0) is 30.2 Å². The predicted octanol–water partition coefficient (Wildman–Crippen LogP) is 2.12. The number of hydrogen-bond acceptors (Lipinski definition) is 4. The molecule has 0 fully saturated rings. The molecule has 1 aromatic carbocycles. The number of allylic oxidation sites excluding steroid dienone is 1. The molecular weight excluding hydrogens is 286 g/mol. The van der Waals surface area contributed by atoms with Gasteiger partial charge in [0.05, 0.1) is 0 Å². The molecule has 0 spiro atoms. The highest BCUT2D eigenvalue weighted by Crippen LogP contribution is 2.15. The first-order valence-electron chi connectivity index (χ1n) is 6.56. The van der Waals surface area contributed by atoms with Crippen molar-refractivity contribution in [2.45, 2.75) is 19.8 Å². The first-order chi connectivity index (χ1) is 10.4. The highest BCUT2D eigenvalue weighted by molar-refractivity contribution is 5.96. The van der Waals surface area contributed by atoms with Crippen molar-refractivity contribution < 1.29 is 24.2 Å². The molecule has 0 unspecified atom stereocenters. The molecule has 2 N–H and O–H groups in total. The van der Waals surface area contributed by atoms with Gasteiger partial charge in [0.2, 0.25) is 5.91 Å². The van der Waals surface area contributed by atoms with E-state index >= 15 is 0 Å². The normalized spacial score (nSPS) is 10.7. The number of carbonyl (C=O) groups excluding carboxylic acids is 2. The first kappa shape index (κ1) is 17.2. The minimum Gasteiger partial charge on any atom is -0.477 e. The Kier molecular flexibility index (Phi) is 6.56. The van der Waals surface area contributed by atoms with Crippen molar-refractivity contribution in [2.24, 2.45) is 0 Å². The fourth-order valence-electron chi connectivity index (χ4n) is 1.54. The summed E-state index contributed by atoms with van der Waals surface area (Å²) in [5.41, 5.74) is 0.320. The van der Waals surface area contributed by atoms with Crippen LogP contribution in [-0.4, -0.2) is 23.0 Å². The molecule has 0 saturated heterocycles. The third-order valence-electron chi connectivity index (χ3n) is 2.52. The second kappa shape index (κ2) is 8.41. The average Bonchev–Trinajstić information content (AvgIpc) is 2.46. The van der Waals surface area contributed by atoms with E-state index in [2.05, 4.69) is 11.9 Å². The maximum atomic E-state index is 11.4. The third-order valence-corrected chi connectivity index (χ3v) is 2.52. The van der Waals surface area contributed by atoms with Crippen molar-refractivity contribution in [3.05, 3.63) is 48.2 Å². The Labute approximate surface area is 128 Å². The van der Waals surface area contributed by atoms with E-state index in [0.717, 1.165) is 0 Å². The smallest absolute Gasteiger partial charge is 0.352 e. The summed E-state index contributed by atoms with van der Waals surface area (Å²) in [7, 11) is 0. The van der Waals surface area contributed by atoms with Crippen LogP contribution >= 0.6 is 0 Å². The third kappa shape index (κ3) is 6.04.